The highest BCUT2D eigenvalue weighted by molar-refractivity contribution is 6.17. The Hall–Kier alpha value is -0.760. The second-order valence-electron chi connectivity index (χ2n) is 4.51. The lowest BCUT2D eigenvalue weighted by Crippen LogP contribution is -2.29. The third-order valence-corrected chi connectivity index (χ3v) is 3.51. The Labute approximate surface area is 103 Å². The molecular weight excluding hydrogens is 220 g/mol. The maximum absolute atomic E-state index is 5.76. The van der Waals surface area contributed by atoms with Crippen molar-refractivity contribution in [3.05, 3.63) is 23.9 Å². The van der Waals surface area contributed by atoms with Crippen molar-refractivity contribution in [3.63, 3.8) is 0 Å². The standard InChI is InChI=1S/C13H19ClN2/c1-11-6-8-15-13(10-11)16-9-3-5-12(16)4-2-7-14/h6,8,10,12H,2-5,7,9H2,1H3. The number of aryl methyl sites for hydroxylation is 1. The van der Waals surface area contributed by atoms with Gasteiger partial charge in [-0.3, -0.25) is 0 Å². The van der Waals surface area contributed by atoms with Crippen LogP contribution in [0.25, 0.3) is 0 Å². The van der Waals surface area contributed by atoms with E-state index in [2.05, 4.69) is 22.9 Å². The molecule has 0 amide bonds. The summed E-state index contributed by atoms with van der Waals surface area (Å²) in [5.74, 6) is 1.91. The number of pyridine rings is 1. The summed E-state index contributed by atoms with van der Waals surface area (Å²) < 4.78 is 0. The quantitative estimate of drug-likeness (QED) is 0.748. The molecule has 0 aliphatic carbocycles. The molecular formula is C13H19ClN2. The van der Waals surface area contributed by atoms with Crippen LogP contribution in [-0.2, 0) is 0 Å². The summed E-state index contributed by atoms with van der Waals surface area (Å²) in [6.07, 6.45) is 6.77. The van der Waals surface area contributed by atoms with Crippen LogP contribution >= 0.6 is 11.6 Å². The zero-order valence-electron chi connectivity index (χ0n) is 9.82. The van der Waals surface area contributed by atoms with E-state index in [1.54, 1.807) is 0 Å². The lowest BCUT2D eigenvalue weighted by atomic mass is 10.1. The number of aromatic nitrogens is 1. The predicted octanol–water partition coefficient (Wildman–Crippen LogP) is 3.38. The fourth-order valence-corrected chi connectivity index (χ4v) is 2.58. The van der Waals surface area contributed by atoms with Gasteiger partial charge in [-0.15, -0.1) is 11.6 Å². The van der Waals surface area contributed by atoms with Crippen molar-refractivity contribution in [1.82, 2.24) is 4.98 Å². The van der Waals surface area contributed by atoms with Gasteiger partial charge < -0.3 is 4.90 Å². The van der Waals surface area contributed by atoms with Crippen LogP contribution in [-0.4, -0.2) is 23.5 Å². The molecule has 0 aromatic carbocycles. The van der Waals surface area contributed by atoms with Gasteiger partial charge in [-0.2, -0.15) is 0 Å². The Bertz CT molecular complexity index is 340. The predicted molar refractivity (Wildman–Crippen MR) is 69.3 cm³/mol. The highest BCUT2D eigenvalue weighted by atomic mass is 35.5. The number of nitrogens with zero attached hydrogens (tertiary/aromatic N) is 2. The van der Waals surface area contributed by atoms with Gasteiger partial charge in [0.2, 0.25) is 0 Å². The summed E-state index contributed by atoms with van der Waals surface area (Å²) in [5.41, 5.74) is 1.29. The van der Waals surface area contributed by atoms with E-state index in [-0.39, 0.29) is 0 Å². The molecule has 1 aliphatic heterocycles. The molecule has 1 fully saturated rings. The SMILES string of the molecule is Cc1ccnc(N2CCCC2CCCCl)c1. The zero-order chi connectivity index (χ0) is 11.4. The first-order valence-corrected chi connectivity index (χ1v) is 6.60. The van der Waals surface area contributed by atoms with Crippen LogP contribution in [0.1, 0.15) is 31.2 Å². The van der Waals surface area contributed by atoms with Crippen LogP contribution in [0.4, 0.5) is 5.82 Å². The molecule has 2 rings (SSSR count). The van der Waals surface area contributed by atoms with Crippen molar-refractivity contribution >= 4 is 17.4 Å². The third-order valence-electron chi connectivity index (χ3n) is 3.24. The summed E-state index contributed by atoms with van der Waals surface area (Å²) in [7, 11) is 0. The van der Waals surface area contributed by atoms with E-state index in [9.17, 15) is 0 Å². The average molecular weight is 239 g/mol. The van der Waals surface area contributed by atoms with Crippen molar-refractivity contribution in [2.45, 2.75) is 38.6 Å². The normalized spacial score (nSPS) is 20.4. The first-order valence-electron chi connectivity index (χ1n) is 6.06. The highest BCUT2D eigenvalue weighted by Gasteiger charge is 2.24. The van der Waals surface area contributed by atoms with Gasteiger partial charge in [0.25, 0.3) is 0 Å². The molecule has 1 unspecified atom stereocenters. The van der Waals surface area contributed by atoms with Crippen molar-refractivity contribution in [3.8, 4) is 0 Å². The Morgan fingerprint density at radius 3 is 3.19 bits per heavy atom. The molecule has 1 atom stereocenters. The Morgan fingerprint density at radius 2 is 2.44 bits per heavy atom. The molecule has 2 heterocycles. The van der Waals surface area contributed by atoms with Gasteiger partial charge in [0.1, 0.15) is 5.82 Å². The second kappa shape index (κ2) is 5.53. The largest absolute Gasteiger partial charge is 0.354 e. The van der Waals surface area contributed by atoms with Gasteiger partial charge in [-0.05, 0) is 50.3 Å². The number of alkyl halides is 1. The summed E-state index contributed by atoms with van der Waals surface area (Å²) >= 11 is 5.76. The lowest BCUT2D eigenvalue weighted by Gasteiger charge is -2.25. The summed E-state index contributed by atoms with van der Waals surface area (Å²) in [6.45, 7) is 3.26. The molecule has 16 heavy (non-hydrogen) atoms. The topological polar surface area (TPSA) is 16.1 Å². The minimum atomic E-state index is 0.646. The lowest BCUT2D eigenvalue weighted by molar-refractivity contribution is 0.598. The van der Waals surface area contributed by atoms with E-state index in [1.165, 1.54) is 24.8 Å². The Kier molecular flexibility index (Phi) is 4.05. The minimum Gasteiger partial charge on any atom is -0.354 e. The molecule has 1 saturated heterocycles. The van der Waals surface area contributed by atoms with Crippen molar-refractivity contribution in [1.29, 1.82) is 0 Å². The maximum atomic E-state index is 5.76. The number of rotatable bonds is 4. The van der Waals surface area contributed by atoms with Gasteiger partial charge in [-0.1, -0.05) is 0 Å². The monoisotopic (exact) mass is 238 g/mol. The maximum Gasteiger partial charge on any atom is 0.128 e. The molecule has 1 aromatic heterocycles. The number of hydrogen-bond donors (Lipinski definition) is 0. The molecule has 88 valence electrons. The van der Waals surface area contributed by atoms with Gasteiger partial charge in [-0.25, -0.2) is 4.98 Å². The first-order chi connectivity index (χ1) is 7.81. The highest BCUT2D eigenvalue weighted by Crippen LogP contribution is 2.26. The van der Waals surface area contributed by atoms with Gasteiger partial charge in [0.15, 0.2) is 0 Å². The van der Waals surface area contributed by atoms with Crippen LogP contribution in [0.2, 0.25) is 0 Å². The van der Waals surface area contributed by atoms with E-state index < -0.39 is 0 Å². The van der Waals surface area contributed by atoms with Crippen LogP contribution in [0.5, 0.6) is 0 Å². The van der Waals surface area contributed by atoms with E-state index in [0.29, 0.717) is 6.04 Å². The molecule has 0 N–H and O–H groups in total. The van der Waals surface area contributed by atoms with E-state index in [4.69, 9.17) is 11.6 Å². The molecule has 0 saturated carbocycles. The molecule has 1 aliphatic rings. The number of anilines is 1. The number of halogens is 1. The average Bonchev–Trinajstić information content (AvgIpc) is 2.74. The van der Waals surface area contributed by atoms with Gasteiger partial charge >= 0.3 is 0 Å². The molecule has 3 heteroatoms. The van der Waals surface area contributed by atoms with E-state index >= 15 is 0 Å². The second-order valence-corrected chi connectivity index (χ2v) is 4.89. The van der Waals surface area contributed by atoms with Crippen LogP contribution in [0, 0.1) is 6.92 Å². The van der Waals surface area contributed by atoms with Crippen molar-refractivity contribution < 1.29 is 0 Å². The minimum absolute atomic E-state index is 0.646. The van der Waals surface area contributed by atoms with Gasteiger partial charge in [0.05, 0.1) is 0 Å². The Balaban J connectivity index is 2.07. The van der Waals surface area contributed by atoms with Crippen LogP contribution in [0.15, 0.2) is 18.3 Å². The van der Waals surface area contributed by atoms with E-state index in [0.717, 1.165) is 24.7 Å². The first kappa shape index (κ1) is 11.7. The van der Waals surface area contributed by atoms with Crippen molar-refractivity contribution in [2.24, 2.45) is 0 Å². The van der Waals surface area contributed by atoms with Crippen LogP contribution < -0.4 is 4.90 Å². The molecule has 0 bridgehead atoms. The van der Waals surface area contributed by atoms with E-state index in [1.807, 2.05) is 12.3 Å². The summed E-state index contributed by atoms with van der Waals surface area (Å²) in [6, 6.07) is 4.87. The number of hydrogen-bond acceptors (Lipinski definition) is 2. The fourth-order valence-electron chi connectivity index (χ4n) is 2.43. The molecule has 1 aromatic rings. The molecule has 0 radical (unpaired) electrons. The zero-order valence-corrected chi connectivity index (χ0v) is 10.6. The molecule has 0 spiro atoms. The summed E-state index contributed by atoms with van der Waals surface area (Å²) in [4.78, 5) is 6.92. The fraction of sp³-hybridized carbons (Fsp3) is 0.615. The smallest absolute Gasteiger partial charge is 0.128 e. The van der Waals surface area contributed by atoms with Crippen molar-refractivity contribution in [2.75, 3.05) is 17.3 Å². The molecule has 2 nitrogen and oxygen atoms in total. The Morgan fingerprint density at radius 1 is 1.56 bits per heavy atom. The summed E-state index contributed by atoms with van der Waals surface area (Å²) in [5, 5.41) is 0. The van der Waals surface area contributed by atoms with Gasteiger partial charge in [0, 0.05) is 24.7 Å². The third kappa shape index (κ3) is 2.67. The van der Waals surface area contributed by atoms with Crippen LogP contribution in [0.3, 0.4) is 0 Å².